The summed E-state index contributed by atoms with van der Waals surface area (Å²) < 4.78 is 0. The first-order valence-corrected chi connectivity index (χ1v) is 8.21. The zero-order valence-electron chi connectivity index (χ0n) is 12.5. The highest BCUT2D eigenvalue weighted by Crippen LogP contribution is 2.18. The Bertz CT molecular complexity index is 243. The largest absolute Gasteiger partial charge is 0.391 e. The summed E-state index contributed by atoms with van der Waals surface area (Å²) in [6.45, 7) is 2.21. The van der Waals surface area contributed by atoms with Crippen molar-refractivity contribution >= 4 is 5.91 Å². The standard InChI is InChI=1S/C16H31NO2/c1-2-3-4-5-6-10-13-16(19)17-14-11-8-7-9-12-15(14)18/h14-15,18H,2-13H2,1H3,(H,17,19). The number of rotatable bonds is 8. The fourth-order valence-corrected chi connectivity index (χ4v) is 2.80. The normalized spacial score (nSPS) is 23.9. The van der Waals surface area contributed by atoms with Crippen molar-refractivity contribution in [1.82, 2.24) is 5.32 Å². The van der Waals surface area contributed by atoms with Crippen molar-refractivity contribution in [3.05, 3.63) is 0 Å². The molecule has 1 aliphatic carbocycles. The molecule has 3 nitrogen and oxygen atoms in total. The molecule has 0 aromatic carbocycles. The van der Waals surface area contributed by atoms with Crippen molar-refractivity contribution in [3.63, 3.8) is 0 Å². The topological polar surface area (TPSA) is 49.3 Å². The molecule has 0 saturated heterocycles. The third-order valence-corrected chi connectivity index (χ3v) is 4.08. The number of hydrogen-bond acceptors (Lipinski definition) is 2. The minimum atomic E-state index is -0.337. The second kappa shape index (κ2) is 10.2. The van der Waals surface area contributed by atoms with Crippen molar-refractivity contribution in [2.45, 2.75) is 96.1 Å². The van der Waals surface area contributed by atoms with Crippen molar-refractivity contribution in [3.8, 4) is 0 Å². The lowest BCUT2D eigenvalue weighted by molar-refractivity contribution is -0.122. The van der Waals surface area contributed by atoms with Gasteiger partial charge in [0.05, 0.1) is 12.1 Å². The Kier molecular flexibility index (Phi) is 8.89. The van der Waals surface area contributed by atoms with E-state index >= 15 is 0 Å². The molecule has 1 aliphatic rings. The summed E-state index contributed by atoms with van der Waals surface area (Å²) in [5, 5.41) is 13.0. The van der Waals surface area contributed by atoms with Crippen LogP contribution in [0.2, 0.25) is 0 Å². The van der Waals surface area contributed by atoms with Crippen molar-refractivity contribution in [1.29, 1.82) is 0 Å². The van der Waals surface area contributed by atoms with Gasteiger partial charge in [0.25, 0.3) is 0 Å². The van der Waals surface area contributed by atoms with Crippen molar-refractivity contribution in [2.24, 2.45) is 0 Å². The van der Waals surface area contributed by atoms with Crippen LogP contribution in [0.3, 0.4) is 0 Å². The first kappa shape index (κ1) is 16.5. The lowest BCUT2D eigenvalue weighted by Crippen LogP contribution is -2.42. The minimum absolute atomic E-state index is 0.00455. The van der Waals surface area contributed by atoms with Crippen molar-refractivity contribution in [2.75, 3.05) is 0 Å². The second-order valence-corrected chi connectivity index (χ2v) is 5.90. The van der Waals surface area contributed by atoms with Crippen LogP contribution in [0.1, 0.15) is 84.0 Å². The minimum Gasteiger partial charge on any atom is -0.391 e. The molecule has 0 spiro atoms. The number of aliphatic hydroxyl groups excluding tert-OH is 1. The lowest BCUT2D eigenvalue weighted by Gasteiger charge is -2.21. The van der Waals surface area contributed by atoms with Gasteiger partial charge in [-0.2, -0.15) is 0 Å². The summed E-state index contributed by atoms with van der Waals surface area (Å²) in [4.78, 5) is 11.8. The molecule has 2 unspecified atom stereocenters. The molecular weight excluding hydrogens is 238 g/mol. The number of hydrogen-bond donors (Lipinski definition) is 2. The quantitative estimate of drug-likeness (QED) is 0.523. The average Bonchev–Trinajstić information content (AvgIpc) is 2.59. The molecule has 3 heteroatoms. The number of aliphatic hydroxyl groups is 1. The Labute approximate surface area is 118 Å². The van der Waals surface area contributed by atoms with E-state index in [9.17, 15) is 9.90 Å². The van der Waals surface area contributed by atoms with Gasteiger partial charge in [0.1, 0.15) is 0 Å². The molecule has 0 heterocycles. The summed E-state index contributed by atoms with van der Waals surface area (Å²) in [5.41, 5.74) is 0. The van der Waals surface area contributed by atoms with Crippen LogP contribution in [-0.2, 0) is 4.79 Å². The number of nitrogens with one attached hydrogen (secondary N) is 1. The van der Waals surface area contributed by atoms with Crippen LogP contribution in [-0.4, -0.2) is 23.2 Å². The van der Waals surface area contributed by atoms with Crippen LogP contribution < -0.4 is 5.32 Å². The SMILES string of the molecule is CCCCCCCCC(=O)NC1CCCCCC1O. The average molecular weight is 269 g/mol. The molecule has 2 N–H and O–H groups in total. The van der Waals surface area contributed by atoms with Gasteiger partial charge in [0, 0.05) is 6.42 Å². The highest BCUT2D eigenvalue weighted by Gasteiger charge is 2.22. The smallest absolute Gasteiger partial charge is 0.220 e. The molecule has 1 saturated carbocycles. The summed E-state index contributed by atoms with van der Waals surface area (Å²) in [7, 11) is 0. The first-order chi connectivity index (χ1) is 9.24. The molecule has 0 aliphatic heterocycles. The van der Waals surface area contributed by atoms with Crippen LogP contribution in [0.5, 0.6) is 0 Å². The van der Waals surface area contributed by atoms with Crippen molar-refractivity contribution < 1.29 is 9.90 Å². The van der Waals surface area contributed by atoms with Gasteiger partial charge in [-0.25, -0.2) is 0 Å². The van der Waals surface area contributed by atoms with E-state index in [0.29, 0.717) is 6.42 Å². The first-order valence-electron chi connectivity index (χ1n) is 8.21. The maximum Gasteiger partial charge on any atom is 0.220 e. The third kappa shape index (κ3) is 7.56. The van der Waals surface area contributed by atoms with E-state index < -0.39 is 0 Å². The Balaban J connectivity index is 2.09. The molecule has 0 aromatic rings. The summed E-state index contributed by atoms with van der Waals surface area (Å²) in [6, 6.07) is -0.00455. The Morgan fingerprint density at radius 1 is 1.05 bits per heavy atom. The van der Waals surface area contributed by atoms with Gasteiger partial charge in [0.15, 0.2) is 0 Å². The zero-order valence-corrected chi connectivity index (χ0v) is 12.5. The van der Waals surface area contributed by atoms with Gasteiger partial charge in [-0.3, -0.25) is 4.79 Å². The Hall–Kier alpha value is -0.570. The summed E-state index contributed by atoms with van der Waals surface area (Å²) >= 11 is 0. The predicted molar refractivity (Wildman–Crippen MR) is 79.0 cm³/mol. The van der Waals surface area contributed by atoms with E-state index in [1.807, 2.05) is 0 Å². The van der Waals surface area contributed by atoms with Gasteiger partial charge >= 0.3 is 0 Å². The molecular formula is C16H31NO2. The van der Waals surface area contributed by atoms with Crippen LogP contribution in [0.15, 0.2) is 0 Å². The van der Waals surface area contributed by atoms with Gasteiger partial charge in [-0.05, 0) is 19.3 Å². The molecule has 1 rings (SSSR count). The van der Waals surface area contributed by atoms with E-state index in [1.54, 1.807) is 0 Å². The Morgan fingerprint density at radius 2 is 1.74 bits per heavy atom. The molecule has 19 heavy (non-hydrogen) atoms. The van der Waals surface area contributed by atoms with E-state index in [1.165, 1.54) is 32.1 Å². The zero-order chi connectivity index (χ0) is 13.9. The molecule has 0 aromatic heterocycles. The lowest BCUT2D eigenvalue weighted by atomic mass is 10.1. The molecule has 0 radical (unpaired) electrons. The number of unbranched alkanes of at least 4 members (excludes halogenated alkanes) is 5. The van der Waals surface area contributed by atoms with Crippen LogP contribution in [0.4, 0.5) is 0 Å². The maximum absolute atomic E-state index is 11.8. The van der Waals surface area contributed by atoms with E-state index in [2.05, 4.69) is 12.2 Å². The summed E-state index contributed by atoms with van der Waals surface area (Å²) in [6.07, 6.45) is 12.7. The van der Waals surface area contributed by atoms with Gasteiger partial charge in [0.2, 0.25) is 5.91 Å². The predicted octanol–water partition coefficient (Wildman–Crippen LogP) is 3.55. The highest BCUT2D eigenvalue weighted by molar-refractivity contribution is 5.76. The number of amides is 1. The van der Waals surface area contributed by atoms with Crippen LogP contribution in [0, 0.1) is 0 Å². The van der Waals surface area contributed by atoms with Gasteiger partial charge in [-0.15, -0.1) is 0 Å². The summed E-state index contributed by atoms with van der Waals surface area (Å²) in [5.74, 6) is 0.126. The van der Waals surface area contributed by atoms with E-state index in [-0.39, 0.29) is 18.1 Å². The molecule has 1 fully saturated rings. The highest BCUT2D eigenvalue weighted by atomic mass is 16.3. The second-order valence-electron chi connectivity index (χ2n) is 5.90. The fraction of sp³-hybridized carbons (Fsp3) is 0.938. The molecule has 0 bridgehead atoms. The van der Waals surface area contributed by atoms with E-state index in [4.69, 9.17) is 0 Å². The Morgan fingerprint density at radius 3 is 2.53 bits per heavy atom. The maximum atomic E-state index is 11.8. The van der Waals surface area contributed by atoms with Gasteiger partial charge < -0.3 is 10.4 Å². The molecule has 112 valence electrons. The number of carbonyl (C=O) groups excluding carboxylic acids is 1. The van der Waals surface area contributed by atoms with Crippen LogP contribution >= 0.6 is 0 Å². The van der Waals surface area contributed by atoms with Crippen LogP contribution in [0.25, 0.3) is 0 Å². The third-order valence-electron chi connectivity index (χ3n) is 4.08. The van der Waals surface area contributed by atoms with E-state index in [0.717, 1.165) is 38.5 Å². The molecule has 2 atom stereocenters. The fourth-order valence-electron chi connectivity index (χ4n) is 2.80. The monoisotopic (exact) mass is 269 g/mol. The van der Waals surface area contributed by atoms with Gasteiger partial charge in [-0.1, -0.05) is 58.3 Å². The molecule has 1 amide bonds. The number of carbonyl (C=O) groups is 1.